The van der Waals surface area contributed by atoms with Gasteiger partial charge in [0.2, 0.25) is 0 Å². The van der Waals surface area contributed by atoms with Crippen molar-refractivity contribution in [2.75, 3.05) is 13.1 Å². The number of fused-ring (bicyclic) bond motifs is 1. The molecule has 2 amide bonds. The van der Waals surface area contributed by atoms with E-state index in [-0.39, 0.29) is 6.03 Å². The molecule has 6 nitrogen and oxygen atoms in total. The van der Waals surface area contributed by atoms with Crippen molar-refractivity contribution >= 4 is 23.6 Å². The summed E-state index contributed by atoms with van der Waals surface area (Å²) >= 11 is 6.49. The van der Waals surface area contributed by atoms with Crippen LogP contribution in [0.2, 0.25) is 5.02 Å². The van der Waals surface area contributed by atoms with Gasteiger partial charge in [0.05, 0.1) is 11.7 Å². The number of benzene rings is 2. The lowest BCUT2D eigenvalue weighted by molar-refractivity contribution is 0.00703. The second-order valence-corrected chi connectivity index (χ2v) is 11.3. The van der Waals surface area contributed by atoms with Crippen LogP contribution in [-0.2, 0) is 17.7 Å². The van der Waals surface area contributed by atoms with E-state index in [1.54, 1.807) is 11.0 Å². The number of ether oxygens (including phenoxy) is 1. The average molecular weight is 485 g/mol. The van der Waals surface area contributed by atoms with Gasteiger partial charge in [-0.05, 0) is 87.9 Å². The third kappa shape index (κ3) is 4.93. The molecule has 1 saturated heterocycles. The molecule has 182 valence electrons. The first-order valence-electron chi connectivity index (χ1n) is 11.7. The Bertz CT molecular complexity index is 1120. The number of nitrogens with zero attached hydrogens (tertiary/aromatic N) is 2. The van der Waals surface area contributed by atoms with Gasteiger partial charge >= 0.3 is 12.0 Å². The van der Waals surface area contributed by atoms with Crippen LogP contribution >= 0.6 is 11.6 Å². The Hall–Kier alpha value is -2.57. The quantitative estimate of drug-likeness (QED) is 0.588. The monoisotopic (exact) mass is 484 g/mol. The highest BCUT2D eigenvalue weighted by atomic mass is 35.5. The molecule has 0 radical (unpaired) electrons. The summed E-state index contributed by atoms with van der Waals surface area (Å²) < 4.78 is 5.65. The lowest BCUT2D eigenvalue weighted by Gasteiger charge is -2.38. The summed E-state index contributed by atoms with van der Waals surface area (Å²) in [6.07, 6.45) is 0.721. The van der Waals surface area contributed by atoms with Gasteiger partial charge in [0.15, 0.2) is 0 Å². The molecule has 1 fully saturated rings. The van der Waals surface area contributed by atoms with Crippen LogP contribution in [-0.4, -0.2) is 57.2 Å². The first-order valence-corrected chi connectivity index (χ1v) is 12.1. The van der Waals surface area contributed by atoms with Crippen LogP contribution in [0.15, 0.2) is 36.4 Å². The lowest BCUT2D eigenvalue weighted by Crippen LogP contribution is -2.51. The molecule has 2 aliphatic heterocycles. The molecule has 0 aliphatic carbocycles. The number of amides is 2. The van der Waals surface area contributed by atoms with E-state index in [9.17, 15) is 14.7 Å². The van der Waals surface area contributed by atoms with Crippen LogP contribution in [0.4, 0.5) is 4.79 Å². The van der Waals surface area contributed by atoms with Gasteiger partial charge in [-0.2, -0.15) is 0 Å². The summed E-state index contributed by atoms with van der Waals surface area (Å²) in [4.78, 5) is 30.1. The maximum absolute atomic E-state index is 13.5. The number of hydrogen-bond donors (Lipinski definition) is 1. The third-order valence-corrected chi connectivity index (χ3v) is 6.72. The highest BCUT2D eigenvalue weighted by Crippen LogP contribution is 2.37. The van der Waals surface area contributed by atoms with E-state index in [1.165, 1.54) is 0 Å². The minimum absolute atomic E-state index is 0.0754. The number of halogens is 1. The van der Waals surface area contributed by atoms with E-state index in [4.69, 9.17) is 16.3 Å². The topological polar surface area (TPSA) is 70.1 Å². The number of carbonyl (C=O) groups is 2. The largest absolute Gasteiger partial charge is 0.456 e. The zero-order valence-electron chi connectivity index (χ0n) is 20.5. The van der Waals surface area contributed by atoms with Crippen LogP contribution in [0.1, 0.15) is 62.5 Å². The van der Waals surface area contributed by atoms with Crippen molar-refractivity contribution < 1.29 is 19.4 Å². The van der Waals surface area contributed by atoms with E-state index in [1.807, 2.05) is 69.9 Å². The van der Waals surface area contributed by atoms with Crippen molar-refractivity contribution in [2.45, 2.75) is 71.2 Å². The Morgan fingerprint density at radius 3 is 2.50 bits per heavy atom. The summed E-state index contributed by atoms with van der Waals surface area (Å²) in [5.74, 6) is -0.395. The van der Waals surface area contributed by atoms with Crippen molar-refractivity contribution in [1.82, 2.24) is 9.80 Å². The minimum Gasteiger partial charge on any atom is -0.456 e. The fourth-order valence-electron chi connectivity index (χ4n) is 4.98. The number of aliphatic hydroxyl groups excluding tert-OH is 1. The molecule has 1 unspecified atom stereocenters. The number of β-amino-alcohol motifs (C(OH)–C–C–N with tert-alkyl or cyclic N) is 1. The Morgan fingerprint density at radius 2 is 1.85 bits per heavy atom. The molecule has 1 N–H and O–H groups in total. The molecule has 2 heterocycles. The average Bonchev–Trinajstić information content (AvgIpc) is 3.02. The predicted molar refractivity (Wildman–Crippen MR) is 133 cm³/mol. The molecule has 0 spiro atoms. The highest BCUT2D eigenvalue weighted by Gasteiger charge is 2.42. The van der Waals surface area contributed by atoms with E-state index >= 15 is 0 Å². The van der Waals surface area contributed by atoms with Gasteiger partial charge in [0.25, 0.3) is 0 Å². The van der Waals surface area contributed by atoms with Gasteiger partial charge in [-0.3, -0.25) is 0 Å². The van der Waals surface area contributed by atoms with Crippen LogP contribution in [0.25, 0.3) is 11.1 Å². The Labute approximate surface area is 206 Å². The molecule has 0 saturated carbocycles. The molecular formula is C27H33ClN2O4. The van der Waals surface area contributed by atoms with E-state index in [2.05, 4.69) is 0 Å². The summed E-state index contributed by atoms with van der Waals surface area (Å²) in [6.45, 7) is 10.8. The van der Waals surface area contributed by atoms with Gasteiger partial charge in [0, 0.05) is 30.2 Å². The summed E-state index contributed by atoms with van der Waals surface area (Å²) in [7, 11) is 0. The Kier molecular flexibility index (Phi) is 6.42. The van der Waals surface area contributed by atoms with Crippen LogP contribution < -0.4 is 0 Å². The number of aliphatic hydroxyl groups is 1. The molecular weight excluding hydrogens is 452 g/mol. The molecule has 2 aliphatic rings. The smallest absolute Gasteiger partial charge is 0.339 e. The molecule has 2 aromatic rings. The second-order valence-electron chi connectivity index (χ2n) is 10.9. The van der Waals surface area contributed by atoms with Crippen molar-refractivity contribution in [2.24, 2.45) is 0 Å². The fourth-order valence-corrected chi connectivity index (χ4v) is 5.22. The van der Waals surface area contributed by atoms with Gasteiger partial charge in [-0.1, -0.05) is 29.8 Å². The number of likely N-dealkylation sites (tertiary alicyclic amines) is 1. The number of hydrogen-bond acceptors (Lipinski definition) is 4. The molecule has 4 rings (SSSR count). The van der Waals surface area contributed by atoms with Gasteiger partial charge in [0.1, 0.15) is 5.60 Å². The van der Waals surface area contributed by atoms with Crippen LogP contribution in [0.3, 0.4) is 0 Å². The second kappa shape index (κ2) is 8.90. The number of carbonyl (C=O) groups excluding carboxylic acids is 2. The lowest BCUT2D eigenvalue weighted by atomic mass is 9.89. The predicted octanol–water partition coefficient (Wildman–Crippen LogP) is 5.29. The fraction of sp³-hybridized carbons (Fsp3) is 0.481. The van der Waals surface area contributed by atoms with Crippen LogP contribution in [0.5, 0.6) is 0 Å². The summed E-state index contributed by atoms with van der Waals surface area (Å²) in [6, 6.07) is 11.1. The highest BCUT2D eigenvalue weighted by molar-refractivity contribution is 6.31. The number of rotatable bonds is 2. The SMILES string of the molecule is CC(C)(C)OC(=O)c1ccccc1-c1cc(Cl)cc2c1CN(C(=O)N1CC(O)CC1(C)C)CC2. The van der Waals surface area contributed by atoms with Crippen molar-refractivity contribution in [3.8, 4) is 11.1 Å². The molecule has 1 atom stereocenters. The zero-order chi connectivity index (χ0) is 24.8. The standard InChI is InChI=1S/C27H33ClN2O4/c1-26(2,3)34-24(32)21-9-7-6-8-20(21)22-13-18(28)12-17-10-11-29(16-23(17)22)25(33)30-15-19(31)14-27(30,4)5/h6-9,12-13,19,31H,10-11,14-16H2,1-5H3. The Morgan fingerprint density at radius 1 is 1.15 bits per heavy atom. The number of esters is 1. The molecule has 7 heteroatoms. The zero-order valence-corrected chi connectivity index (χ0v) is 21.3. The van der Waals surface area contributed by atoms with Crippen molar-refractivity contribution in [3.05, 3.63) is 58.1 Å². The normalized spacial score (nSPS) is 19.7. The minimum atomic E-state index is -0.617. The maximum Gasteiger partial charge on any atom is 0.339 e. The number of urea groups is 1. The first-order chi connectivity index (χ1) is 15.9. The van der Waals surface area contributed by atoms with Gasteiger partial charge < -0.3 is 19.6 Å². The Balaban J connectivity index is 1.71. The van der Waals surface area contributed by atoms with Crippen LogP contribution in [0, 0.1) is 0 Å². The molecule has 34 heavy (non-hydrogen) atoms. The maximum atomic E-state index is 13.5. The summed E-state index contributed by atoms with van der Waals surface area (Å²) in [5.41, 5.74) is 3.08. The molecule has 0 aromatic heterocycles. The van der Waals surface area contributed by atoms with Gasteiger partial charge in [-0.25, -0.2) is 9.59 Å². The molecule has 2 aromatic carbocycles. The van der Waals surface area contributed by atoms with E-state index in [0.29, 0.717) is 43.1 Å². The van der Waals surface area contributed by atoms with Gasteiger partial charge in [-0.15, -0.1) is 0 Å². The van der Waals surface area contributed by atoms with E-state index < -0.39 is 23.2 Å². The van der Waals surface area contributed by atoms with Crippen molar-refractivity contribution in [3.63, 3.8) is 0 Å². The van der Waals surface area contributed by atoms with Crippen molar-refractivity contribution in [1.29, 1.82) is 0 Å². The van der Waals surface area contributed by atoms with E-state index in [0.717, 1.165) is 22.3 Å². The third-order valence-electron chi connectivity index (χ3n) is 6.50. The molecule has 0 bridgehead atoms. The first kappa shape index (κ1) is 24.6. The summed E-state index contributed by atoms with van der Waals surface area (Å²) in [5, 5.41) is 10.7.